The van der Waals surface area contributed by atoms with E-state index < -0.39 is 17.7 Å². The van der Waals surface area contributed by atoms with Crippen molar-refractivity contribution in [3.8, 4) is 0 Å². The molecule has 2 rings (SSSR count). The normalized spacial score (nSPS) is 14.5. The molecule has 0 radical (unpaired) electrons. The van der Waals surface area contributed by atoms with Gasteiger partial charge in [-0.2, -0.15) is 0 Å². The summed E-state index contributed by atoms with van der Waals surface area (Å²) in [7, 11) is 0. The van der Waals surface area contributed by atoms with Crippen LogP contribution in [0.1, 0.15) is 31.1 Å². The van der Waals surface area contributed by atoms with Crippen LogP contribution < -0.4 is 29.3 Å². The number of anilines is 1. The maximum absolute atomic E-state index is 12.0. The Morgan fingerprint density at radius 2 is 1.66 bits per heavy atom. The number of benzene rings is 1. The molecule has 2 amide bonds. The largest absolute Gasteiger partial charge is 1.00 e. The molecule has 29 heavy (non-hydrogen) atoms. The molecule has 0 aromatic heterocycles. The fourth-order valence-electron chi connectivity index (χ4n) is 2.59. The summed E-state index contributed by atoms with van der Waals surface area (Å²) in [6.45, 7) is 8.74. The van der Waals surface area contributed by atoms with Crippen LogP contribution >= 0.6 is 0 Å². The quantitative estimate of drug-likeness (QED) is 0.579. The summed E-state index contributed by atoms with van der Waals surface area (Å²) < 4.78 is 10.5. The number of piperazine rings is 1. The van der Waals surface area contributed by atoms with E-state index in [9.17, 15) is 19.5 Å². The first kappa shape index (κ1) is 24.8. The van der Waals surface area contributed by atoms with Crippen LogP contribution in [-0.2, 0) is 9.47 Å². The maximum atomic E-state index is 12.0. The molecule has 1 aromatic carbocycles. The molecule has 1 fully saturated rings. The van der Waals surface area contributed by atoms with E-state index >= 15 is 0 Å². The topological polar surface area (TPSA) is 111 Å². The fourth-order valence-corrected chi connectivity index (χ4v) is 2.59. The standard InChI is InChI=1S/C19H27N3O6.Li/c1-19(2,3)28-18(26)22-10-8-21(9-11-22)12-13-27-17(25)20-15-6-4-14(5-7-15)16(23)24;/h4-7H,8-13H2,1-3H3,(H,20,25)(H,23,24);/q;+1/p-1. The smallest absolute Gasteiger partial charge is 0.545 e. The van der Waals surface area contributed by atoms with E-state index in [1.807, 2.05) is 20.8 Å². The van der Waals surface area contributed by atoms with Crippen molar-refractivity contribution in [1.29, 1.82) is 0 Å². The van der Waals surface area contributed by atoms with Crippen LogP contribution in [0.5, 0.6) is 0 Å². The van der Waals surface area contributed by atoms with Crippen LogP contribution in [0.25, 0.3) is 0 Å². The molecule has 0 saturated carbocycles. The van der Waals surface area contributed by atoms with E-state index in [-0.39, 0.29) is 37.1 Å². The van der Waals surface area contributed by atoms with Gasteiger partial charge in [-0.25, -0.2) is 9.59 Å². The molecule has 1 heterocycles. The molecule has 154 valence electrons. The summed E-state index contributed by atoms with van der Waals surface area (Å²) in [5.74, 6) is -1.28. The zero-order valence-corrected chi connectivity index (χ0v) is 17.4. The summed E-state index contributed by atoms with van der Waals surface area (Å²) in [5, 5.41) is 13.2. The van der Waals surface area contributed by atoms with Crippen molar-refractivity contribution < 1.29 is 47.8 Å². The Morgan fingerprint density at radius 1 is 1.07 bits per heavy atom. The summed E-state index contributed by atoms with van der Waals surface area (Å²) in [6.07, 6.45) is -0.930. The van der Waals surface area contributed by atoms with Crippen LogP contribution in [0.4, 0.5) is 15.3 Å². The molecule has 0 atom stereocenters. The zero-order valence-electron chi connectivity index (χ0n) is 17.4. The van der Waals surface area contributed by atoms with Gasteiger partial charge >= 0.3 is 31.0 Å². The zero-order chi connectivity index (χ0) is 20.7. The SMILES string of the molecule is CC(C)(C)OC(=O)N1CCN(CCOC(=O)Nc2ccc(C(=O)[O-])cc2)CC1.[Li+]. The number of aromatic carboxylic acids is 1. The number of ether oxygens (including phenoxy) is 2. The molecule has 9 nitrogen and oxygen atoms in total. The van der Waals surface area contributed by atoms with Crippen LogP contribution in [0.3, 0.4) is 0 Å². The van der Waals surface area contributed by atoms with Crippen LogP contribution in [0.2, 0.25) is 0 Å². The molecule has 1 aliphatic rings. The number of hydrogen-bond acceptors (Lipinski definition) is 7. The monoisotopic (exact) mass is 399 g/mol. The molecule has 0 spiro atoms. The van der Waals surface area contributed by atoms with Gasteiger partial charge in [0, 0.05) is 38.4 Å². The van der Waals surface area contributed by atoms with Crippen molar-refractivity contribution in [2.24, 2.45) is 0 Å². The summed E-state index contributed by atoms with van der Waals surface area (Å²) in [5.41, 5.74) is -0.0503. The maximum Gasteiger partial charge on any atom is 1.00 e. The van der Waals surface area contributed by atoms with Gasteiger partial charge < -0.3 is 24.3 Å². The molecule has 10 heteroatoms. The third-order valence-corrected chi connectivity index (χ3v) is 4.03. The molecule has 0 unspecified atom stereocenters. The Kier molecular flexibility index (Phi) is 9.50. The van der Waals surface area contributed by atoms with Gasteiger partial charge in [0.25, 0.3) is 0 Å². The van der Waals surface area contributed by atoms with Crippen LogP contribution in [0, 0.1) is 0 Å². The number of carbonyl (C=O) groups excluding carboxylic acids is 3. The molecule has 1 aromatic rings. The van der Waals surface area contributed by atoms with Gasteiger partial charge in [-0.05, 0) is 38.5 Å². The summed E-state index contributed by atoms with van der Waals surface area (Å²) >= 11 is 0. The van der Waals surface area contributed by atoms with E-state index in [1.165, 1.54) is 24.3 Å². The van der Waals surface area contributed by atoms with Crippen molar-refractivity contribution in [2.45, 2.75) is 26.4 Å². The molecular weight excluding hydrogens is 373 g/mol. The van der Waals surface area contributed by atoms with Gasteiger partial charge in [-0.15, -0.1) is 0 Å². The fraction of sp³-hybridized carbons (Fsp3) is 0.526. The third kappa shape index (κ3) is 8.77. The average molecular weight is 399 g/mol. The number of nitrogens with zero attached hydrogens (tertiary/aromatic N) is 2. The molecular formula is C19H26LiN3O6. The first-order valence-electron chi connectivity index (χ1n) is 9.09. The number of nitrogens with one attached hydrogen (secondary N) is 1. The average Bonchev–Trinajstić information content (AvgIpc) is 2.61. The minimum absolute atomic E-state index is 0. The molecule has 1 aliphatic heterocycles. The number of rotatable bonds is 5. The van der Waals surface area contributed by atoms with E-state index in [1.54, 1.807) is 4.90 Å². The van der Waals surface area contributed by atoms with E-state index in [0.29, 0.717) is 38.4 Å². The molecule has 1 N–H and O–H groups in total. The summed E-state index contributed by atoms with van der Waals surface area (Å²) in [6, 6.07) is 5.61. The Balaban J connectivity index is 0.00000420. The number of carbonyl (C=O) groups is 3. The number of carboxylic acid groups (broad SMARTS) is 1. The number of carboxylic acids is 1. The van der Waals surface area contributed by atoms with E-state index in [2.05, 4.69) is 10.2 Å². The Bertz CT molecular complexity index is 697. The Hall–Kier alpha value is -2.21. The van der Waals surface area contributed by atoms with Crippen molar-refractivity contribution in [1.82, 2.24) is 9.80 Å². The van der Waals surface area contributed by atoms with Crippen molar-refractivity contribution in [3.63, 3.8) is 0 Å². The van der Waals surface area contributed by atoms with Crippen molar-refractivity contribution >= 4 is 23.8 Å². The van der Waals surface area contributed by atoms with Gasteiger partial charge in [0.15, 0.2) is 0 Å². The van der Waals surface area contributed by atoms with E-state index in [4.69, 9.17) is 9.47 Å². The molecule has 0 aliphatic carbocycles. The van der Waals surface area contributed by atoms with Gasteiger partial charge in [-0.3, -0.25) is 10.2 Å². The summed E-state index contributed by atoms with van der Waals surface area (Å²) in [4.78, 5) is 38.3. The van der Waals surface area contributed by atoms with Gasteiger partial charge in [0.05, 0.1) is 5.97 Å². The Labute approximate surface area is 182 Å². The third-order valence-electron chi connectivity index (χ3n) is 4.03. The molecule has 1 saturated heterocycles. The first-order valence-corrected chi connectivity index (χ1v) is 9.09. The van der Waals surface area contributed by atoms with Crippen molar-refractivity contribution in [3.05, 3.63) is 29.8 Å². The second-order valence-electron chi connectivity index (χ2n) is 7.43. The van der Waals surface area contributed by atoms with E-state index in [0.717, 1.165) is 0 Å². The number of hydrogen-bond donors (Lipinski definition) is 1. The van der Waals surface area contributed by atoms with Crippen LogP contribution in [-0.4, -0.2) is 72.9 Å². The minimum atomic E-state index is -1.28. The molecule has 0 bridgehead atoms. The van der Waals surface area contributed by atoms with Crippen molar-refractivity contribution in [2.75, 3.05) is 44.6 Å². The van der Waals surface area contributed by atoms with Gasteiger partial charge in [0.1, 0.15) is 12.2 Å². The minimum Gasteiger partial charge on any atom is -0.545 e. The second-order valence-corrected chi connectivity index (χ2v) is 7.43. The predicted octanol–water partition coefficient (Wildman–Crippen LogP) is -1.84. The van der Waals surface area contributed by atoms with Crippen LogP contribution in [0.15, 0.2) is 24.3 Å². The second kappa shape index (κ2) is 11.1. The van der Waals surface area contributed by atoms with Gasteiger partial charge in [-0.1, -0.05) is 12.1 Å². The first-order chi connectivity index (χ1) is 13.1. The number of amides is 2. The van der Waals surface area contributed by atoms with Gasteiger partial charge in [0.2, 0.25) is 0 Å². The Morgan fingerprint density at radius 3 is 2.17 bits per heavy atom. The predicted molar refractivity (Wildman–Crippen MR) is 100.0 cm³/mol.